The molecule has 2 aromatic heterocycles. The lowest BCUT2D eigenvalue weighted by Crippen LogP contribution is -2.15. The van der Waals surface area contributed by atoms with Crippen LogP contribution in [0.25, 0.3) is 27.3 Å². The molecule has 0 N–H and O–H groups in total. The number of pyridine rings is 1. The Morgan fingerprint density at radius 2 is 1.80 bits per heavy atom. The number of hydrogen-bond donors (Lipinski definition) is 0. The molecule has 0 amide bonds. The lowest BCUT2D eigenvalue weighted by atomic mass is 10.1. The lowest BCUT2D eigenvalue weighted by Gasteiger charge is -2.06. The molecule has 20 heavy (non-hydrogen) atoms. The Morgan fingerprint density at radius 1 is 0.950 bits per heavy atom. The van der Waals surface area contributed by atoms with Gasteiger partial charge in [-0.15, -0.1) is 0 Å². The maximum absolute atomic E-state index is 12.6. The van der Waals surface area contributed by atoms with E-state index in [0.29, 0.717) is 11.0 Å². The molecule has 4 heteroatoms. The van der Waals surface area contributed by atoms with Gasteiger partial charge in [0.1, 0.15) is 5.65 Å². The monoisotopic (exact) mass is 324 g/mol. The number of benzene rings is 2. The van der Waals surface area contributed by atoms with Gasteiger partial charge in [0, 0.05) is 16.1 Å². The van der Waals surface area contributed by atoms with Crippen LogP contribution in [0.1, 0.15) is 0 Å². The van der Waals surface area contributed by atoms with Gasteiger partial charge in [0.25, 0.3) is 5.56 Å². The summed E-state index contributed by atoms with van der Waals surface area (Å²) >= 11 is 3.38. The summed E-state index contributed by atoms with van der Waals surface area (Å²) in [5, 5.41) is 2.74. The van der Waals surface area contributed by atoms with Gasteiger partial charge in [-0.05, 0) is 39.5 Å². The van der Waals surface area contributed by atoms with Crippen LogP contribution in [0.15, 0.2) is 64.0 Å². The van der Waals surface area contributed by atoms with Crippen LogP contribution in [0.2, 0.25) is 0 Å². The van der Waals surface area contributed by atoms with Crippen LogP contribution < -0.4 is 5.56 Å². The summed E-state index contributed by atoms with van der Waals surface area (Å²) in [4.78, 5) is 17.2. The average molecular weight is 325 g/mol. The maximum Gasteiger partial charge on any atom is 0.265 e. The van der Waals surface area contributed by atoms with Gasteiger partial charge in [-0.2, -0.15) is 0 Å². The van der Waals surface area contributed by atoms with Gasteiger partial charge in [-0.1, -0.05) is 30.3 Å². The Balaban J connectivity index is 2.31. The summed E-state index contributed by atoms with van der Waals surface area (Å²) in [5.41, 5.74) is 1.37. The topological polar surface area (TPSA) is 34.4 Å². The van der Waals surface area contributed by atoms with E-state index in [1.165, 1.54) is 0 Å². The van der Waals surface area contributed by atoms with Crippen LogP contribution in [-0.4, -0.2) is 9.38 Å². The smallest absolute Gasteiger partial charge is 0.265 e. The summed E-state index contributed by atoms with van der Waals surface area (Å²) in [5.74, 6) is 0. The minimum atomic E-state index is -0.0444. The van der Waals surface area contributed by atoms with Gasteiger partial charge >= 0.3 is 0 Å². The molecule has 96 valence electrons. The van der Waals surface area contributed by atoms with Crippen LogP contribution in [0.5, 0.6) is 0 Å². The molecule has 0 unspecified atom stereocenters. The number of hydrogen-bond acceptors (Lipinski definition) is 2. The molecule has 0 saturated carbocycles. The molecule has 4 aromatic rings. The largest absolute Gasteiger partial charge is 0.268 e. The predicted molar refractivity (Wildman–Crippen MR) is 84.2 cm³/mol. The summed E-state index contributed by atoms with van der Waals surface area (Å²) < 4.78 is 2.43. The third-order valence-corrected chi connectivity index (χ3v) is 3.94. The Bertz CT molecular complexity index is 1040. The molecule has 0 radical (unpaired) electrons. The van der Waals surface area contributed by atoms with E-state index in [9.17, 15) is 4.79 Å². The van der Waals surface area contributed by atoms with Crippen LogP contribution in [0, 0.1) is 0 Å². The van der Waals surface area contributed by atoms with Crippen LogP contribution in [-0.2, 0) is 0 Å². The number of aromatic nitrogens is 2. The lowest BCUT2D eigenvalue weighted by molar-refractivity contribution is 1.07. The molecule has 0 saturated heterocycles. The van der Waals surface area contributed by atoms with E-state index < -0.39 is 0 Å². The van der Waals surface area contributed by atoms with Gasteiger partial charge in [0.2, 0.25) is 0 Å². The first-order valence-corrected chi connectivity index (χ1v) is 7.03. The highest BCUT2D eigenvalue weighted by atomic mass is 79.9. The van der Waals surface area contributed by atoms with Crippen molar-refractivity contribution < 1.29 is 0 Å². The molecular formula is C16H9BrN2O. The molecule has 2 aromatic carbocycles. The van der Waals surface area contributed by atoms with Crippen LogP contribution in [0.3, 0.4) is 0 Å². The Kier molecular flexibility index (Phi) is 2.41. The van der Waals surface area contributed by atoms with Gasteiger partial charge in [0.05, 0.1) is 10.9 Å². The van der Waals surface area contributed by atoms with E-state index >= 15 is 0 Å². The minimum Gasteiger partial charge on any atom is -0.268 e. The third-order valence-electron chi connectivity index (χ3n) is 3.47. The standard InChI is InChI=1S/C16H9BrN2O/c17-11-6-8-14-18-15-12-4-2-1-3-10(12)5-7-13(15)16(20)19(14)9-11/h1-9H. The number of rotatable bonds is 0. The van der Waals surface area contributed by atoms with Gasteiger partial charge in [-0.3, -0.25) is 9.20 Å². The molecule has 2 heterocycles. The summed E-state index contributed by atoms with van der Waals surface area (Å²) in [7, 11) is 0. The zero-order valence-corrected chi connectivity index (χ0v) is 12.0. The van der Waals surface area contributed by atoms with Crippen molar-refractivity contribution in [3.8, 4) is 0 Å². The van der Waals surface area contributed by atoms with E-state index in [2.05, 4.69) is 20.9 Å². The number of nitrogens with zero attached hydrogens (tertiary/aromatic N) is 2. The fourth-order valence-electron chi connectivity index (χ4n) is 2.51. The zero-order valence-electron chi connectivity index (χ0n) is 10.4. The van der Waals surface area contributed by atoms with Gasteiger partial charge in [-0.25, -0.2) is 4.98 Å². The van der Waals surface area contributed by atoms with Crippen molar-refractivity contribution in [1.82, 2.24) is 9.38 Å². The minimum absolute atomic E-state index is 0.0444. The quantitative estimate of drug-likeness (QED) is 0.364. The van der Waals surface area contributed by atoms with Crippen LogP contribution >= 0.6 is 15.9 Å². The summed E-state index contributed by atoms with van der Waals surface area (Å²) in [6.45, 7) is 0. The molecule has 4 rings (SSSR count). The second-order valence-electron chi connectivity index (χ2n) is 4.68. The molecule has 0 aliphatic rings. The molecule has 0 aliphatic carbocycles. The van der Waals surface area contributed by atoms with Gasteiger partial charge in [0.15, 0.2) is 0 Å². The Hall–Kier alpha value is -2.20. The van der Waals surface area contributed by atoms with E-state index in [-0.39, 0.29) is 5.56 Å². The van der Waals surface area contributed by atoms with E-state index in [1.807, 2.05) is 48.5 Å². The van der Waals surface area contributed by atoms with Crippen molar-refractivity contribution in [3.63, 3.8) is 0 Å². The average Bonchev–Trinajstić information content (AvgIpc) is 2.48. The molecule has 3 nitrogen and oxygen atoms in total. The SMILES string of the molecule is O=c1c2ccc3ccccc3c2nc2ccc(Br)cn12. The van der Waals surface area contributed by atoms with E-state index in [4.69, 9.17) is 0 Å². The third kappa shape index (κ3) is 1.58. The molecular weight excluding hydrogens is 316 g/mol. The maximum atomic E-state index is 12.6. The highest BCUT2D eigenvalue weighted by Gasteiger charge is 2.08. The van der Waals surface area contributed by atoms with Crippen molar-refractivity contribution in [2.45, 2.75) is 0 Å². The second kappa shape index (κ2) is 4.15. The summed E-state index contributed by atoms with van der Waals surface area (Å²) in [6, 6.07) is 15.5. The highest BCUT2D eigenvalue weighted by Crippen LogP contribution is 2.22. The second-order valence-corrected chi connectivity index (χ2v) is 5.59. The first-order valence-electron chi connectivity index (χ1n) is 6.23. The van der Waals surface area contributed by atoms with Crippen LogP contribution in [0.4, 0.5) is 0 Å². The predicted octanol–water partition coefficient (Wildman–Crippen LogP) is 3.76. The molecule has 0 bridgehead atoms. The van der Waals surface area contributed by atoms with Crippen molar-refractivity contribution in [2.75, 3.05) is 0 Å². The first-order chi connectivity index (χ1) is 9.74. The highest BCUT2D eigenvalue weighted by molar-refractivity contribution is 9.10. The fourth-order valence-corrected chi connectivity index (χ4v) is 2.85. The normalized spacial score (nSPS) is 11.4. The first kappa shape index (κ1) is 11.6. The Labute approximate surface area is 122 Å². The molecule has 0 fully saturated rings. The fraction of sp³-hybridized carbons (Fsp3) is 0. The molecule has 0 spiro atoms. The number of fused-ring (bicyclic) bond motifs is 4. The Morgan fingerprint density at radius 3 is 2.70 bits per heavy atom. The number of halogens is 1. The van der Waals surface area contributed by atoms with Crippen molar-refractivity contribution in [3.05, 3.63) is 69.6 Å². The molecule has 0 aliphatic heterocycles. The van der Waals surface area contributed by atoms with Crippen molar-refractivity contribution >= 4 is 43.3 Å². The van der Waals surface area contributed by atoms with E-state index in [1.54, 1.807) is 10.6 Å². The van der Waals surface area contributed by atoms with Gasteiger partial charge < -0.3 is 0 Å². The van der Waals surface area contributed by atoms with E-state index in [0.717, 1.165) is 20.8 Å². The van der Waals surface area contributed by atoms with Crippen molar-refractivity contribution in [1.29, 1.82) is 0 Å². The van der Waals surface area contributed by atoms with Crippen molar-refractivity contribution in [2.24, 2.45) is 0 Å². The summed E-state index contributed by atoms with van der Waals surface area (Å²) in [6.07, 6.45) is 1.75. The zero-order chi connectivity index (χ0) is 13.7. The molecule has 0 atom stereocenters.